The molecule has 1 aromatic carbocycles. The Morgan fingerprint density at radius 3 is 2.43 bits per heavy atom. The highest BCUT2D eigenvalue weighted by molar-refractivity contribution is 5.95. The van der Waals surface area contributed by atoms with E-state index in [1.807, 2.05) is 39.0 Å². The molecule has 1 unspecified atom stereocenters. The van der Waals surface area contributed by atoms with E-state index in [9.17, 15) is 14.9 Å². The number of carbonyl (C=O) groups is 1. The third kappa shape index (κ3) is 3.39. The lowest BCUT2D eigenvalue weighted by molar-refractivity contribution is -0.389. The van der Waals surface area contributed by atoms with E-state index in [1.54, 1.807) is 6.92 Å². The minimum absolute atomic E-state index is 0.231. The Kier molecular flexibility index (Phi) is 4.78. The number of hydrogen-bond donors (Lipinski definition) is 1. The van der Waals surface area contributed by atoms with Crippen molar-refractivity contribution in [2.75, 3.05) is 5.32 Å². The molecule has 0 saturated heterocycles. The highest BCUT2D eigenvalue weighted by atomic mass is 16.6. The second kappa shape index (κ2) is 6.60. The molecule has 23 heavy (non-hydrogen) atoms. The number of nitrogens with one attached hydrogen (secondary N) is 1. The molecule has 1 amide bonds. The summed E-state index contributed by atoms with van der Waals surface area (Å²) in [5, 5.41) is 17.7. The Balaban J connectivity index is 2.31. The lowest BCUT2D eigenvalue weighted by atomic mass is 10.1. The Bertz CT molecular complexity index is 732. The summed E-state index contributed by atoms with van der Waals surface area (Å²) >= 11 is 0. The molecule has 0 aliphatic rings. The molecule has 0 aliphatic heterocycles. The average molecular weight is 316 g/mol. The van der Waals surface area contributed by atoms with Crippen LogP contribution < -0.4 is 5.32 Å². The molecule has 0 saturated carbocycles. The van der Waals surface area contributed by atoms with Crippen molar-refractivity contribution < 1.29 is 9.72 Å². The number of amides is 1. The van der Waals surface area contributed by atoms with Gasteiger partial charge >= 0.3 is 5.82 Å². The van der Waals surface area contributed by atoms with Gasteiger partial charge in [0.1, 0.15) is 0 Å². The summed E-state index contributed by atoms with van der Waals surface area (Å²) < 4.78 is 1.42. The summed E-state index contributed by atoms with van der Waals surface area (Å²) in [5.41, 5.74) is 3.29. The van der Waals surface area contributed by atoms with Crippen LogP contribution in [0.15, 0.2) is 24.3 Å². The van der Waals surface area contributed by atoms with E-state index in [0.717, 1.165) is 16.8 Å². The summed E-state index contributed by atoms with van der Waals surface area (Å²) in [4.78, 5) is 22.9. The van der Waals surface area contributed by atoms with Gasteiger partial charge in [-0.25, -0.2) is 0 Å². The maximum Gasteiger partial charge on any atom is 0.390 e. The fraction of sp³-hybridized carbons (Fsp3) is 0.375. The summed E-state index contributed by atoms with van der Waals surface area (Å²) in [6, 6.07) is 6.55. The van der Waals surface area contributed by atoms with Crippen LogP contribution in [-0.4, -0.2) is 20.6 Å². The quantitative estimate of drug-likeness (QED) is 0.677. The number of para-hydroxylation sites is 1. The Morgan fingerprint density at radius 1 is 1.35 bits per heavy atom. The van der Waals surface area contributed by atoms with Crippen molar-refractivity contribution in [1.29, 1.82) is 0 Å². The van der Waals surface area contributed by atoms with Gasteiger partial charge in [-0.05, 0) is 43.2 Å². The lowest BCUT2D eigenvalue weighted by Gasteiger charge is -2.17. The zero-order valence-electron chi connectivity index (χ0n) is 13.7. The van der Waals surface area contributed by atoms with Crippen LogP contribution in [0, 0.1) is 30.9 Å². The molecule has 0 radical (unpaired) electrons. The first-order valence-electron chi connectivity index (χ1n) is 7.42. The van der Waals surface area contributed by atoms with Crippen molar-refractivity contribution in [3.63, 3.8) is 0 Å². The molecule has 7 heteroatoms. The maximum atomic E-state index is 12.6. The second-order valence-corrected chi connectivity index (χ2v) is 5.53. The van der Waals surface area contributed by atoms with Gasteiger partial charge < -0.3 is 15.4 Å². The lowest BCUT2D eigenvalue weighted by Crippen LogP contribution is -2.27. The topological polar surface area (TPSA) is 90.1 Å². The molecule has 0 spiro atoms. The molecule has 1 atom stereocenters. The van der Waals surface area contributed by atoms with E-state index in [2.05, 4.69) is 10.4 Å². The summed E-state index contributed by atoms with van der Waals surface area (Å²) in [7, 11) is 0. The summed E-state index contributed by atoms with van der Waals surface area (Å²) in [6.45, 7) is 7.40. The number of benzene rings is 1. The molecular weight excluding hydrogens is 296 g/mol. The number of anilines is 1. The van der Waals surface area contributed by atoms with Crippen molar-refractivity contribution in [3.05, 3.63) is 51.2 Å². The number of nitrogens with zero attached hydrogens (tertiary/aromatic N) is 3. The monoisotopic (exact) mass is 316 g/mol. The number of aryl methyl sites for hydroxylation is 3. The predicted octanol–water partition coefficient (Wildman–Crippen LogP) is 3.31. The third-order valence-electron chi connectivity index (χ3n) is 3.81. The van der Waals surface area contributed by atoms with Crippen LogP contribution in [0.1, 0.15) is 36.2 Å². The van der Waals surface area contributed by atoms with Crippen molar-refractivity contribution >= 4 is 17.4 Å². The minimum Gasteiger partial charge on any atom is -0.358 e. The number of carbonyl (C=O) groups excluding carboxylic acids is 1. The Morgan fingerprint density at radius 2 is 1.96 bits per heavy atom. The minimum atomic E-state index is -0.595. The molecule has 1 aromatic heterocycles. The molecule has 1 N–H and O–H groups in total. The van der Waals surface area contributed by atoms with Gasteiger partial charge in [0.2, 0.25) is 0 Å². The summed E-state index contributed by atoms with van der Waals surface area (Å²) in [6.07, 6.45) is 0.483. The largest absolute Gasteiger partial charge is 0.390 e. The van der Waals surface area contributed by atoms with Gasteiger partial charge in [-0.1, -0.05) is 25.1 Å². The molecule has 1 heterocycles. The van der Waals surface area contributed by atoms with Gasteiger partial charge in [0.05, 0.1) is 16.9 Å². The first-order chi connectivity index (χ1) is 10.8. The molecule has 0 fully saturated rings. The normalized spacial score (nSPS) is 12.0. The number of rotatable bonds is 5. The number of hydrogen-bond acceptors (Lipinski definition) is 4. The fourth-order valence-corrected chi connectivity index (χ4v) is 2.56. The van der Waals surface area contributed by atoms with Gasteiger partial charge in [-0.15, -0.1) is 0 Å². The highest BCUT2D eigenvalue weighted by Crippen LogP contribution is 2.24. The predicted molar refractivity (Wildman–Crippen MR) is 87.5 cm³/mol. The second-order valence-electron chi connectivity index (χ2n) is 5.53. The molecule has 0 bridgehead atoms. The van der Waals surface area contributed by atoms with Crippen LogP contribution in [0.3, 0.4) is 0 Å². The van der Waals surface area contributed by atoms with Gasteiger partial charge in [-0.3, -0.25) is 4.79 Å². The number of aromatic nitrogens is 2. The van der Waals surface area contributed by atoms with Crippen molar-refractivity contribution in [2.24, 2.45) is 0 Å². The maximum absolute atomic E-state index is 12.6. The van der Waals surface area contributed by atoms with Crippen LogP contribution in [-0.2, 0) is 4.79 Å². The first-order valence-corrected chi connectivity index (χ1v) is 7.42. The molecular formula is C16H20N4O3. The molecule has 0 aliphatic carbocycles. The van der Waals surface area contributed by atoms with Gasteiger partial charge in [0.25, 0.3) is 5.91 Å². The first kappa shape index (κ1) is 16.7. The number of nitro groups is 1. The van der Waals surface area contributed by atoms with Crippen molar-refractivity contribution in [1.82, 2.24) is 9.78 Å². The van der Waals surface area contributed by atoms with E-state index in [-0.39, 0.29) is 11.7 Å². The van der Waals surface area contributed by atoms with E-state index in [1.165, 1.54) is 10.7 Å². The third-order valence-corrected chi connectivity index (χ3v) is 3.81. The van der Waals surface area contributed by atoms with Gasteiger partial charge in [0, 0.05) is 5.69 Å². The molecule has 7 nitrogen and oxygen atoms in total. The van der Waals surface area contributed by atoms with Crippen LogP contribution in [0.25, 0.3) is 0 Å². The van der Waals surface area contributed by atoms with Gasteiger partial charge in [0.15, 0.2) is 6.04 Å². The van der Waals surface area contributed by atoms with E-state index in [0.29, 0.717) is 12.1 Å². The fourth-order valence-electron chi connectivity index (χ4n) is 2.56. The SMILES string of the molecule is CCC(C(=O)Nc1c(C)cccc1C)n1nc([N+](=O)[O-])cc1C. The Labute approximate surface area is 134 Å². The van der Waals surface area contributed by atoms with E-state index in [4.69, 9.17) is 0 Å². The summed E-state index contributed by atoms with van der Waals surface area (Å²) in [5.74, 6) is -0.480. The smallest absolute Gasteiger partial charge is 0.358 e. The van der Waals surface area contributed by atoms with Crippen LogP contribution in [0.4, 0.5) is 11.5 Å². The average Bonchev–Trinajstić information content (AvgIpc) is 2.86. The van der Waals surface area contributed by atoms with E-state index >= 15 is 0 Å². The van der Waals surface area contributed by atoms with Crippen LogP contribution in [0.2, 0.25) is 0 Å². The van der Waals surface area contributed by atoms with Crippen LogP contribution >= 0.6 is 0 Å². The molecule has 122 valence electrons. The zero-order valence-corrected chi connectivity index (χ0v) is 13.7. The Hall–Kier alpha value is -2.70. The van der Waals surface area contributed by atoms with Crippen LogP contribution in [0.5, 0.6) is 0 Å². The molecule has 2 rings (SSSR count). The zero-order chi connectivity index (χ0) is 17.1. The van der Waals surface area contributed by atoms with Crippen molar-refractivity contribution in [2.45, 2.75) is 40.2 Å². The van der Waals surface area contributed by atoms with E-state index < -0.39 is 11.0 Å². The van der Waals surface area contributed by atoms with Crippen molar-refractivity contribution in [3.8, 4) is 0 Å². The highest BCUT2D eigenvalue weighted by Gasteiger charge is 2.27. The standard InChI is InChI=1S/C16H20N4O3/c1-5-13(19-12(4)9-14(18-19)20(22)23)16(21)17-15-10(2)7-6-8-11(15)3/h6-9,13H,5H2,1-4H3,(H,17,21). The molecule has 2 aromatic rings. The van der Waals surface area contributed by atoms with Gasteiger partial charge in [-0.2, -0.15) is 4.68 Å².